The molecular weight excluding hydrogens is 284 g/mol. The highest BCUT2D eigenvalue weighted by Crippen LogP contribution is 2.37. The minimum atomic E-state index is -0.825. The Morgan fingerprint density at radius 2 is 2.05 bits per heavy atom. The first-order valence-corrected chi connectivity index (χ1v) is 6.66. The van der Waals surface area contributed by atoms with Crippen molar-refractivity contribution >= 4 is 23.9 Å². The molecular formula is C14H17ClO5. The number of carbonyl (C=O) groups excluding carboxylic acids is 2. The van der Waals surface area contributed by atoms with Crippen LogP contribution in [0.1, 0.15) is 31.1 Å². The van der Waals surface area contributed by atoms with E-state index in [-0.39, 0.29) is 17.4 Å². The Kier molecular flexibility index (Phi) is 6.31. The maximum absolute atomic E-state index is 11.6. The van der Waals surface area contributed by atoms with E-state index >= 15 is 0 Å². The van der Waals surface area contributed by atoms with Gasteiger partial charge >= 0.3 is 5.97 Å². The minimum Gasteiger partial charge on any atom is -0.490 e. The van der Waals surface area contributed by atoms with E-state index in [1.54, 1.807) is 20.8 Å². The average molecular weight is 301 g/mol. The molecule has 0 aromatic heterocycles. The molecule has 1 atom stereocenters. The molecule has 0 aliphatic carbocycles. The molecule has 5 nitrogen and oxygen atoms in total. The van der Waals surface area contributed by atoms with Crippen molar-refractivity contribution in [3.63, 3.8) is 0 Å². The van der Waals surface area contributed by atoms with Gasteiger partial charge in [0.25, 0.3) is 0 Å². The number of benzene rings is 1. The Hall–Kier alpha value is -1.75. The number of ether oxygens (including phenoxy) is 3. The zero-order valence-corrected chi connectivity index (χ0v) is 12.4. The van der Waals surface area contributed by atoms with Crippen LogP contribution in [0.15, 0.2) is 12.1 Å². The van der Waals surface area contributed by atoms with Gasteiger partial charge < -0.3 is 14.2 Å². The Balaban J connectivity index is 3.03. The predicted octanol–water partition coefficient (Wildman–Crippen LogP) is 2.88. The summed E-state index contributed by atoms with van der Waals surface area (Å²) >= 11 is 6.06. The number of hydrogen-bond acceptors (Lipinski definition) is 5. The van der Waals surface area contributed by atoms with Crippen LogP contribution in [0, 0.1) is 0 Å². The Bertz CT molecular complexity index is 487. The quantitative estimate of drug-likeness (QED) is 0.572. The highest BCUT2D eigenvalue weighted by Gasteiger charge is 2.20. The fourth-order valence-electron chi connectivity index (χ4n) is 1.52. The van der Waals surface area contributed by atoms with E-state index < -0.39 is 12.1 Å². The second-order valence-corrected chi connectivity index (χ2v) is 4.30. The molecule has 0 N–H and O–H groups in total. The summed E-state index contributed by atoms with van der Waals surface area (Å²) in [5, 5.41) is 0.203. The summed E-state index contributed by atoms with van der Waals surface area (Å²) < 4.78 is 15.7. The van der Waals surface area contributed by atoms with Gasteiger partial charge in [-0.15, -0.1) is 0 Å². The molecule has 0 bridgehead atoms. The normalized spacial score (nSPS) is 11.6. The van der Waals surface area contributed by atoms with Crippen molar-refractivity contribution in [3.05, 3.63) is 22.7 Å². The van der Waals surface area contributed by atoms with Gasteiger partial charge in [-0.1, -0.05) is 11.6 Å². The van der Waals surface area contributed by atoms with Gasteiger partial charge in [-0.25, -0.2) is 4.79 Å². The molecule has 0 radical (unpaired) electrons. The molecule has 0 amide bonds. The van der Waals surface area contributed by atoms with Crippen LogP contribution in [-0.2, 0) is 9.53 Å². The van der Waals surface area contributed by atoms with Crippen LogP contribution < -0.4 is 9.47 Å². The smallest absolute Gasteiger partial charge is 0.347 e. The van der Waals surface area contributed by atoms with E-state index in [4.69, 9.17) is 25.8 Å². The Morgan fingerprint density at radius 3 is 2.60 bits per heavy atom. The molecule has 1 rings (SSSR count). The summed E-state index contributed by atoms with van der Waals surface area (Å²) in [6.45, 7) is 5.70. The molecule has 1 aromatic rings. The van der Waals surface area contributed by atoms with Crippen LogP contribution >= 0.6 is 11.6 Å². The molecule has 1 aromatic carbocycles. The van der Waals surface area contributed by atoms with Gasteiger partial charge in [0, 0.05) is 5.56 Å². The largest absolute Gasteiger partial charge is 0.490 e. The minimum absolute atomic E-state index is 0.203. The maximum Gasteiger partial charge on any atom is 0.347 e. The summed E-state index contributed by atoms with van der Waals surface area (Å²) in [6.07, 6.45) is -0.166. The standard InChI is InChI=1S/C14H17ClO5/c1-4-18-12-7-10(8-16)6-11(15)13(12)20-9(3)14(17)19-5-2/h6-9H,4-5H2,1-3H3/t9-/m1/s1. The molecule has 0 saturated heterocycles. The molecule has 0 unspecified atom stereocenters. The van der Waals surface area contributed by atoms with E-state index in [0.29, 0.717) is 24.2 Å². The number of esters is 1. The third-order valence-electron chi connectivity index (χ3n) is 2.38. The first-order valence-electron chi connectivity index (χ1n) is 6.28. The van der Waals surface area contributed by atoms with Gasteiger partial charge in [-0.05, 0) is 32.9 Å². The van der Waals surface area contributed by atoms with Crippen molar-refractivity contribution in [2.45, 2.75) is 26.9 Å². The van der Waals surface area contributed by atoms with Gasteiger partial charge in [0.15, 0.2) is 17.6 Å². The van der Waals surface area contributed by atoms with E-state index in [1.807, 2.05) is 0 Å². The molecule has 0 spiro atoms. The van der Waals surface area contributed by atoms with E-state index in [2.05, 4.69) is 0 Å². The lowest BCUT2D eigenvalue weighted by Crippen LogP contribution is -2.26. The molecule has 0 aliphatic heterocycles. The lowest BCUT2D eigenvalue weighted by molar-refractivity contribution is -0.150. The fourth-order valence-corrected chi connectivity index (χ4v) is 1.78. The van der Waals surface area contributed by atoms with Crippen molar-refractivity contribution in [2.24, 2.45) is 0 Å². The van der Waals surface area contributed by atoms with Crippen LogP contribution in [-0.4, -0.2) is 31.6 Å². The Morgan fingerprint density at radius 1 is 1.35 bits per heavy atom. The van der Waals surface area contributed by atoms with Gasteiger partial charge in [-0.3, -0.25) is 4.79 Å². The lowest BCUT2D eigenvalue weighted by atomic mass is 10.2. The SMILES string of the molecule is CCOC(=O)[C@@H](C)Oc1c(Cl)cc(C=O)cc1OCC. The molecule has 0 fully saturated rings. The summed E-state index contributed by atoms with van der Waals surface area (Å²) in [7, 11) is 0. The molecule has 0 saturated carbocycles. The van der Waals surface area contributed by atoms with Crippen molar-refractivity contribution in [1.29, 1.82) is 0 Å². The number of carbonyl (C=O) groups is 2. The Labute approximate surface area is 122 Å². The van der Waals surface area contributed by atoms with Gasteiger partial charge in [0.1, 0.15) is 6.29 Å². The van der Waals surface area contributed by atoms with Crippen LogP contribution in [0.25, 0.3) is 0 Å². The van der Waals surface area contributed by atoms with Crippen molar-refractivity contribution in [3.8, 4) is 11.5 Å². The fraction of sp³-hybridized carbons (Fsp3) is 0.429. The van der Waals surface area contributed by atoms with Crippen LogP contribution in [0.4, 0.5) is 0 Å². The number of halogens is 1. The second-order valence-electron chi connectivity index (χ2n) is 3.89. The van der Waals surface area contributed by atoms with E-state index in [9.17, 15) is 9.59 Å². The van der Waals surface area contributed by atoms with Crippen LogP contribution in [0.2, 0.25) is 5.02 Å². The number of rotatable bonds is 7. The third-order valence-corrected chi connectivity index (χ3v) is 2.66. The van der Waals surface area contributed by atoms with Gasteiger partial charge in [0.05, 0.1) is 18.2 Å². The average Bonchev–Trinajstić information content (AvgIpc) is 2.42. The molecule has 0 heterocycles. The summed E-state index contributed by atoms with van der Waals surface area (Å²) in [4.78, 5) is 22.4. The van der Waals surface area contributed by atoms with Gasteiger partial charge in [-0.2, -0.15) is 0 Å². The third kappa shape index (κ3) is 4.13. The van der Waals surface area contributed by atoms with Crippen LogP contribution in [0.3, 0.4) is 0 Å². The van der Waals surface area contributed by atoms with Crippen LogP contribution in [0.5, 0.6) is 11.5 Å². The maximum atomic E-state index is 11.6. The molecule has 6 heteroatoms. The first-order chi connectivity index (χ1) is 9.53. The molecule has 20 heavy (non-hydrogen) atoms. The van der Waals surface area contributed by atoms with Crippen molar-refractivity contribution in [1.82, 2.24) is 0 Å². The lowest BCUT2D eigenvalue weighted by Gasteiger charge is -2.17. The topological polar surface area (TPSA) is 61.8 Å². The van der Waals surface area contributed by atoms with Crippen molar-refractivity contribution < 1.29 is 23.8 Å². The highest BCUT2D eigenvalue weighted by atomic mass is 35.5. The zero-order valence-electron chi connectivity index (χ0n) is 11.6. The summed E-state index contributed by atoms with van der Waals surface area (Å²) in [5.74, 6) is 0.0448. The first kappa shape index (κ1) is 16.3. The summed E-state index contributed by atoms with van der Waals surface area (Å²) in [5.41, 5.74) is 0.370. The van der Waals surface area contributed by atoms with Crippen molar-refractivity contribution in [2.75, 3.05) is 13.2 Å². The highest BCUT2D eigenvalue weighted by molar-refractivity contribution is 6.32. The van der Waals surface area contributed by atoms with Gasteiger partial charge in [0.2, 0.25) is 0 Å². The number of aldehydes is 1. The summed E-state index contributed by atoms with van der Waals surface area (Å²) in [6, 6.07) is 2.96. The second kappa shape index (κ2) is 7.75. The van der Waals surface area contributed by atoms with E-state index in [0.717, 1.165) is 0 Å². The van der Waals surface area contributed by atoms with E-state index in [1.165, 1.54) is 12.1 Å². The molecule has 0 aliphatic rings. The predicted molar refractivity (Wildman–Crippen MR) is 74.7 cm³/mol. The number of hydrogen-bond donors (Lipinski definition) is 0. The monoisotopic (exact) mass is 300 g/mol. The zero-order chi connectivity index (χ0) is 15.1. The molecule has 110 valence electrons.